The van der Waals surface area contributed by atoms with Crippen molar-refractivity contribution in [2.75, 3.05) is 18.9 Å². The van der Waals surface area contributed by atoms with E-state index in [2.05, 4.69) is 17.6 Å². The Morgan fingerprint density at radius 1 is 1.39 bits per heavy atom. The van der Waals surface area contributed by atoms with Crippen LogP contribution in [0.2, 0.25) is 0 Å². The zero-order valence-electron chi connectivity index (χ0n) is 10.7. The normalized spacial score (nSPS) is 17.4. The molecule has 0 aliphatic carbocycles. The Morgan fingerprint density at radius 2 is 2.17 bits per heavy atom. The average Bonchev–Trinajstić information content (AvgIpc) is 2.77. The molecule has 4 nitrogen and oxygen atoms in total. The molecule has 0 radical (unpaired) electrons. The lowest BCUT2D eigenvalue weighted by Crippen LogP contribution is -2.21. The van der Waals surface area contributed by atoms with Gasteiger partial charge in [-0.05, 0) is 31.0 Å². The van der Waals surface area contributed by atoms with E-state index in [1.165, 1.54) is 5.52 Å². The molecule has 3 rings (SSSR count). The van der Waals surface area contributed by atoms with Crippen molar-refractivity contribution >= 4 is 16.7 Å². The summed E-state index contributed by atoms with van der Waals surface area (Å²) < 4.78 is 7.83. The number of nitrogens with two attached hydrogens (primary N) is 1. The third kappa shape index (κ3) is 1.86. The molecule has 0 unspecified atom stereocenters. The second-order valence-corrected chi connectivity index (χ2v) is 4.84. The van der Waals surface area contributed by atoms with Crippen molar-refractivity contribution in [3.05, 3.63) is 24.0 Å². The number of rotatable bonds is 2. The minimum atomic E-state index is 0.516. The number of hydrogen-bond donors (Lipinski definition) is 1. The van der Waals surface area contributed by atoms with Gasteiger partial charge in [0.05, 0.1) is 11.0 Å². The molecule has 0 bridgehead atoms. The van der Waals surface area contributed by atoms with Gasteiger partial charge in [-0.25, -0.2) is 4.98 Å². The summed E-state index contributed by atoms with van der Waals surface area (Å²) in [5.41, 5.74) is 8.83. The molecule has 0 spiro atoms. The molecule has 0 atom stereocenters. The van der Waals surface area contributed by atoms with E-state index in [9.17, 15) is 0 Å². The second kappa shape index (κ2) is 4.61. The summed E-state index contributed by atoms with van der Waals surface area (Å²) in [5.74, 6) is 1.16. The first-order valence-corrected chi connectivity index (χ1v) is 6.63. The van der Waals surface area contributed by atoms with E-state index < -0.39 is 0 Å². The summed E-state index contributed by atoms with van der Waals surface area (Å²) in [5, 5.41) is 0. The van der Waals surface area contributed by atoms with Crippen molar-refractivity contribution < 1.29 is 4.74 Å². The van der Waals surface area contributed by atoms with Gasteiger partial charge in [-0.3, -0.25) is 0 Å². The van der Waals surface area contributed by atoms with Gasteiger partial charge in [-0.15, -0.1) is 0 Å². The highest BCUT2D eigenvalue weighted by molar-refractivity contribution is 5.79. The molecular weight excluding hydrogens is 226 g/mol. The Hall–Kier alpha value is -1.55. The average molecular weight is 245 g/mol. The summed E-state index contributed by atoms with van der Waals surface area (Å²) in [7, 11) is 0. The lowest BCUT2D eigenvalue weighted by molar-refractivity contribution is 0.0699. The van der Waals surface area contributed by atoms with E-state index in [4.69, 9.17) is 15.5 Å². The lowest BCUT2D eigenvalue weighted by Gasteiger charge is -2.25. The van der Waals surface area contributed by atoms with Gasteiger partial charge < -0.3 is 15.0 Å². The maximum Gasteiger partial charge on any atom is 0.109 e. The third-order valence-electron chi connectivity index (χ3n) is 3.66. The molecule has 2 aromatic rings. The molecule has 18 heavy (non-hydrogen) atoms. The van der Waals surface area contributed by atoms with Crippen LogP contribution in [0.4, 0.5) is 5.69 Å². The van der Waals surface area contributed by atoms with E-state index in [-0.39, 0.29) is 0 Å². The quantitative estimate of drug-likeness (QED) is 0.827. The minimum Gasteiger partial charge on any atom is -0.399 e. The lowest BCUT2D eigenvalue weighted by atomic mass is 10.1. The van der Waals surface area contributed by atoms with Gasteiger partial charge >= 0.3 is 0 Å². The number of aromatic nitrogens is 2. The summed E-state index contributed by atoms with van der Waals surface area (Å²) >= 11 is 0. The van der Waals surface area contributed by atoms with Crippen LogP contribution in [-0.4, -0.2) is 22.8 Å². The van der Waals surface area contributed by atoms with Crippen LogP contribution in [-0.2, 0) is 11.2 Å². The number of hydrogen-bond acceptors (Lipinski definition) is 3. The summed E-state index contributed by atoms with van der Waals surface area (Å²) in [6.45, 7) is 3.85. The number of nitrogens with zero attached hydrogens (tertiary/aromatic N) is 2. The van der Waals surface area contributed by atoms with Gasteiger partial charge in [0.25, 0.3) is 0 Å². The van der Waals surface area contributed by atoms with Crippen molar-refractivity contribution in [1.29, 1.82) is 0 Å². The minimum absolute atomic E-state index is 0.516. The van der Waals surface area contributed by atoms with Crippen molar-refractivity contribution in [3.8, 4) is 0 Å². The maximum absolute atomic E-state index is 5.83. The Balaban J connectivity index is 2.12. The Labute approximate surface area is 107 Å². The number of fused-ring (bicyclic) bond motifs is 1. The highest BCUT2D eigenvalue weighted by atomic mass is 16.5. The first-order chi connectivity index (χ1) is 8.79. The van der Waals surface area contributed by atoms with Crippen LogP contribution in [0.3, 0.4) is 0 Å². The number of nitrogen functional groups attached to an aromatic ring is 1. The van der Waals surface area contributed by atoms with E-state index in [1.807, 2.05) is 12.1 Å². The van der Waals surface area contributed by atoms with Crippen LogP contribution in [0, 0.1) is 0 Å². The number of aryl methyl sites for hydroxylation is 1. The Bertz CT molecular complexity index is 555. The Kier molecular flexibility index (Phi) is 2.96. The zero-order valence-corrected chi connectivity index (χ0v) is 10.7. The fraction of sp³-hybridized carbons (Fsp3) is 0.500. The van der Waals surface area contributed by atoms with Crippen molar-refractivity contribution in [1.82, 2.24) is 9.55 Å². The van der Waals surface area contributed by atoms with E-state index in [0.717, 1.165) is 49.5 Å². The van der Waals surface area contributed by atoms with Crippen molar-refractivity contribution in [2.24, 2.45) is 0 Å². The molecule has 0 saturated carbocycles. The molecule has 2 N–H and O–H groups in total. The maximum atomic E-state index is 5.83. The highest BCUT2D eigenvalue weighted by Crippen LogP contribution is 2.29. The van der Waals surface area contributed by atoms with Gasteiger partial charge in [0.1, 0.15) is 5.82 Å². The van der Waals surface area contributed by atoms with Crippen LogP contribution in [0.25, 0.3) is 11.0 Å². The van der Waals surface area contributed by atoms with Gasteiger partial charge in [-0.1, -0.05) is 6.92 Å². The molecule has 1 aromatic carbocycles. The van der Waals surface area contributed by atoms with Crippen molar-refractivity contribution in [3.63, 3.8) is 0 Å². The predicted molar refractivity (Wildman–Crippen MR) is 72.6 cm³/mol. The first kappa shape index (κ1) is 11.5. The molecule has 2 heterocycles. The summed E-state index contributed by atoms with van der Waals surface area (Å²) in [6.07, 6.45) is 3.09. The van der Waals surface area contributed by atoms with Crippen LogP contribution >= 0.6 is 0 Å². The number of anilines is 1. The number of ether oxygens (including phenoxy) is 1. The second-order valence-electron chi connectivity index (χ2n) is 4.84. The van der Waals surface area contributed by atoms with E-state index >= 15 is 0 Å². The largest absolute Gasteiger partial charge is 0.399 e. The summed E-state index contributed by atoms with van der Waals surface area (Å²) in [6, 6.07) is 6.53. The topological polar surface area (TPSA) is 53.1 Å². The fourth-order valence-electron chi connectivity index (χ4n) is 2.77. The molecular formula is C14H19N3O. The highest BCUT2D eigenvalue weighted by Gasteiger charge is 2.20. The first-order valence-electron chi connectivity index (χ1n) is 6.63. The monoisotopic (exact) mass is 245 g/mol. The standard InChI is InChI=1S/C14H19N3O/c1-2-14-16-12-9-10(15)3-4-13(12)17(14)11-5-7-18-8-6-11/h3-4,9,11H,2,5-8,15H2,1H3. The van der Waals surface area contributed by atoms with E-state index in [0.29, 0.717) is 6.04 Å². The smallest absolute Gasteiger partial charge is 0.109 e. The molecule has 0 amide bonds. The SMILES string of the molecule is CCc1nc2cc(N)ccc2n1C1CCOCC1. The molecule has 1 aliphatic heterocycles. The van der Waals surface area contributed by atoms with Crippen LogP contribution in [0.1, 0.15) is 31.6 Å². The molecule has 96 valence electrons. The van der Waals surface area contributed by atoms with Gasteiger partial charge in [-0.2, -0.15) is 0 Å². The van der Waals surface area contributed by atoms with Gasteiger partial charge in [0.15, 0.2) is 0 Å². The fourth-order valence-corrected chi connectivity index (χ4v) is 2.77. The van der Waals surface area contributed by atoms with Crippen LogP contribution < -0.4 is 5.73 Å². The van der Waals surface area contributed by atoms with Crippen LogP contribution in [0.15, 0.2) is 18.2 Å². The van der Waals surface area contributed by atoms with E-state index in [1.54, 1.807) is 0 Å². The summed E-state index contributed by atoms with van der Waals surface area (Å²) in [4.78, 5) is 4.71. The zero-order chi connectivity index (χ0) is 12.5. The predicted octanol–water partition coefficient (Wildman–Crippen LogP) is 2.53. The number of imidazole rings is 1. The Morgan fingerprint density at radius 3 is 2.89 bits per heavy atom. The molecule has 1 aromatic heterocycles. The molecule has 1 aliphatic rings. The van der Waals surface area contributed by atoms with Gasteiger partial charge in [0.2, 0.25) is 0 Å². The van der Waals surface area contributed by atoms with Crippen LogP contribution in [0.5, 0.6) is 0 Å². The van der Waals surface area contributed by atoms with Gasteiger partial charge in [0, 0.05) is 31.4 Å². The molecule has 4 heteroatoms. The molecule has 1 saturated heterocycles. The third-order valence-corrected chi connectivity index (χ3v) is 3.66. The number of benzene rings is 1. The molecule has 1 fully saturated rings. The van der Waals surface area contributed by atoms with Crippen molar-refractivity contribution in [2.45, 2.75) is 32.2 Å².